The van der Waals surface area contributed by atoms with Crippen LogP contribution in [0, 0.1) is 0 Å². The lowest BCUT2D eigenvalue weighted by Crippen LogP contribution is -2.20. The fraction of sp³-hybridized carbons (Fsp3) is 0.700. The van der Waals surface area contributed by atoms with Gasteiger partial charge in [0.25, 0.3) is 0 Å². The second kappa shape index (κ2) is 7.48. The summed E-state index contributed by atoms with van der Waals surface area (Å²) in [6.07, 6.45) is 2.44. The first kappa shape index (κ1) is 15.1. The number of anilines is 1. The van der Waals surface area contributed by atoms with Crippen molar-refractivity contribution in [2.75, 3.05) is 23.9 Å². The van der Waals surface area contributed by atoms with E-state index >= 15 is 0 Å². The SMILES string of the molecule is CCOc1nc(Cl)nc(NC(C)CCS(C)=O)n1. The number of hydrogen-bond acceptors (Lipinski definition) is 6. The number of ether oxygens (including phenoxy) is 1. The lowest BCUT2D eigenvalue weighted by atomic mass is 10.3. The van der Waals surface area contributed by atoms with E-state index in [0.29, 0.717) is 18.3 Å². The van der Waals surface area contributed by atoms with Crippen molar-refractivity contribution in [3.8, 4) is 6.01 Å². The Morgan fingerprint density at radius 3 is 2.78 bits per heavy atom. The van der Waals surface area contributed by atoms with E-state index in [0.717, 1.165) is 6.42 Å². The Bertz CT molecular complexity index is 419. The highest BCUT2D eigenvalue weighted by molar-refractivity contribution is 7.84. The van der Waals surface area contributed by atoms with Crippen molar-refractivity contribution in [1.82, 2.24) is 15.0 Å². The van der Waals surface area contributed by atoms with Crippen molar-refractivity contribution in [2.24, 2.45) is 0 Å². The summed E-state index contributed by atoms with van der Waals surface area (Å²) in [6, 6.07) is 0.299. The predicted octanol–water partition coefficient (Wildman–Crippen LogP) is 1.49. The van der Waals surface area contributed by atoms with Gasteiger partial charge in [0.2, 0.25) is 11.2 Å². The van der Waals surface area contributed by atoms with Gasteiger partial charge in [-0.15, -0.1) is 0 Å². The van der Waals surface area contributed by atoms with E-state index in [4.69, 9.17) is 16.3 Å². The summed E-state index contributed by atoms with van der Waals surface area (Å²) in [7, 11) is -0.800. The van der Waals surface area contributed by atoms with E-state index in [-0.39, 0.29) is 17.3 Å². The molecule has 0 saturated carbocycles. The molecule has 0 aliphatic carbocycles. The Balaban J connectivity index is 2.62. The summed E-state index contributed by atoms with van der Waals surface area (Å²) in [5, 5.41) is 3.16. The van der Waals surface area contributed by atoms with Crippen molar-refractivity contribution >= 4 is 28.3 Å². The quantitative estimate of drug-likeness (QED) is 0.820. The van der Waals surface area contributed by atoms with Crippen LogP contribution in [0.15, 0.2) is 0 Å². The molecule has 1 heterocycles. The van der Waals surface area contributed by atoms with Crippen LogP contribution in [0.3, 0.4) is 0 Å². The molecule has 0 amide bonds. The van der Waals surface area contributed by atoms with Gasteiger partial charge >= 0.3 is 6.01 Å². The maximum atomic E-state index is 11.0. The second-order valence-electron chi connectivity index (χ2n) is 3.76. The fourth-order valence-electron chi connectivity index (χ4n) is 1.23. The number of nitrogens with one attached hydrogen (secondary N) is 1. The second-order valence-corrected chi connectivity index (χ2v) is 5.65. The molecule has 6 nitrogen and oxygen atoms in total. The van der Waals surface area contributed by atoms with Gasteiger partial charge in [-0.25, -0.2) is 0 Å². The van der Waals surface area contributed by atoms with Crippen LogP contribution in [-0.4, -0.2) is 43.8 Å². The first-order valence-electron chi connectivity index (χ1n) is 5.62. The van der Waals surface area contributed by atoms with E-state index in [9.17, 15) is 4.21 Å². The van der Waals surface area contributed by atoms with Gasteiger partial charge in [0, 0.05) is 28.9 Å². The average molecular weight is 293 g/mol. The van der Waals surface area contributed by atoms with Crippen LogP contribution in [0.5, 0.6) is 6.01 Å². The minimum Gasteiger partial charge on any atom is -0.464 e. The molecule has 18 heavy (non-hydrogen) atoms. The highest BCUT2D eigenvalue weighted by Gasteiger charge is 2.09. The van der Waals surface area contributed by atoms with Gasteiger partial charge in [-0.3, -0.25) is 4.21 Å². The van der Waals surface area contributed by atoms with Crippen LogP contribution >= 0.6 is 11.6 Å². The van der Waals surface area contributed by atoms with Gasteiger partial charge in [0.05, 0.1) is 6.61 Å². The van der Waals surface area contributed by atoms with Crippen LogP contribution in [0.4, 0.5) is 5.95 Å². The fourth-order valence-corrected chi connectivity index (χ4v) is 2.06. The molecule has 0 fully saturated rings. The third kappa shape index (κ3) is 5.59. The Labute approximate surface area is 114 Å². The van der Waals surface area contributed by atoms with E-state index in [1.807, 2.05) is 13.8 Å². The molecule has 2 unspecified atom stereocenters. The molecule has 1 N–H and O–H groups in total. The molecule has 8 heteroatoms. The number of aromatic nitrogens is 3. The molecule has 2 atom stereocenters. The smallest absolute Gasteiger partial charge is 0.322 e. The van der Waals surface area contributed by atoms with E-state index < -0.39 is 10.8 Å². The lowest BCUT2D eigenvalue weighted by molar-refractivity contribution is 0.312. The number of nitrogens with zero attached hydrogens (tertiary/aromatic N) is 3. The molecule has 0 radical (unpaired) electrons. The van der Waals surface area contributed by atoms with Crippen molar-refractivity contribution in [3.63, 3.8) is 0 Å². The van der Waals surface area contributed by atoms with Gasteiger partial charge < -0.3 is 10.1 Å². The Hall–Kier alpha value is -0.950. The average Bonchev–Trinajstić information content (AvgIpc) is 2.26. The first-order chi connectivity index (χ1) is 8.51. The molecule has 1 aromatic rings. The predicted molar refractivity (Wildman–Crippen MR) is 72.6 cm³/mol. The van der Waals surface area contributed by atoms with Crippen molar-refractivity contribution in [1.29, 1.82) is 0 Å². The van der Waals surface area contributed by atoms with Gasteiger partial charge in [0.1, 0.15) is 0 Å². The molecule has 1 aromatic heterocycles. The molecule has 0 aliphatic heterocycles. The Morgan fingerprint density at radius 1 is 1.44 bits per heavy atom. The summed E-state index contributed by atoms with van der Waals surface area (Å²) >= 11 is 5.77. The maximum Gasteiger partial charge on any atom is 0.322 e. The lowest BCUT2D eigenvalue weighted by Gasteiger charge is -2.13. The molecule has 0 aliphatic rings. The van der Waals surface area contributed by atoms with Gasteiger partial charge in [-0.2, -0.15) is 15.0 Å². The highest BCUT2D eigenvalue weighted by atomic mass is 35.5. The van der Waals surface area contributed by atoms with Crippen molar-refractivity contribution < 1.29 is 8.95 Å². The largest absolute Gasteiger partial charge is 0.464 e. The summed E-state index contributed by atoms with van der Waals surface area (Å²) < 4.78 is 16.2. The maximum absolute atomic E-state index is 11.0. The third-order valence-corrected chi connectivity index (χ3v) is 3.05. The molecular weight excluding hydrogens is 276 g/mol. The van der Waals surface area contributed by atoms with Crippen molar-refractivity contribution in [3.05, 3.63) is 5.28 Å². The third-order valence-electron chi connectivity index (χ3n) is 2.07. The molecule has 0 bridgehead atoms. The van der Waals surface area contributed by atoms with Gasteiger partial charge in [-0.1, -0.05) is 0 Å². The van der Waals surface area contributed by atoms with E-state index in [2.05, 4.69) is 20.3 Å². The summed E-state index contributed by atoms with van der Waals surface area (Å²) in [5.74, 6) is 0.999. The monoisotopic (exact) mass is 292 g/mol. The standard InChI is InChI=1S/C10H17ClN4O2S/c1-4-17-10-14-8(11)13-9(15-10)12-7(2)5-6-18(3)16/h7H,4-6H2,1-3H3,(H,12,13,14,15). The zero-order valence-corrected chi connectivity index (χ0v) is 12.2. The molecule has 1 rings (SSSR count). The number of halogens is 1. The minimum atomic E-state index is -0.800. The number of rotatable bonds is 7. The molecule has 102 valence electrons. The van der Waals surface area contributed by atoms with Crippen LogP contribution in [0.1, 0.15) is 20.3 Å². The van der Waals surface area contributed by atoms with Gasteiger partial charge in [0.15, 0.2) is 0 Å². The normalized spacial score (nSPS) is 14.0. The summed E-state index contributed by atoms with van der Waals surface area (Å²) in [6.45, 7) is 4.26. The number of hydrogen-bond donors (Lipinski definition) is 1. The van der Waals surface area contributed by atoms with E-state index in [1.54, 1.807) is 6.26 Å². The van der Waals surface area contributed by atoms with Crippen LogP contribution in [-0.2, 0) is 10.8 Å². The Morgan fingerprint density at radius 2 is 2.17 bits per heavy atom. The Kier molecular flexibility index (Phi) is 6.28. The first-order valence-corrected chi connectivity index (χ1v) is 7.72. The topological polar surface area (TPSA) is 77.0 Å². The zero-order chi connectivity index (χ0) is 13.5. The van der Waals surface area contributed by atoms with Crippen molar-refractivity contribution in [2.45, 2.75) is 26.3 Å². The summed E-state index contributed by atoms with van der Waals surface area (Å²) in [4.78, 5) is 11.9. The molecular formula is C10H17ClN4O2S. The van der Waals surface area contributed by atoms with Gasteiger partial charge in [-0.05, 0) is 31.9 Å². The highest BCUT2D eigenvalue weighted by Crippen LogP contribution is 2.12. The summed E-state index contributed by atoms with van der Waals surface area (Å²) in [5.41, 5.74) is 0. The van der Waals surface area contributed by atoms with Crippen LogP contribution < -0.4 is 10.1 Å². The molecule has 0 spiro atoms. The zero-order valence-electron chi connectivity index (χ0n) is 10.6. The van der Waals surface area contributed by atoms with Crippen LogP contribution in [0.25, 0.3) is 0 Å². The van der Waals surface area contributed by atoms with E-state index in [1.165, 1.54) is 0 Å². The minimum absolute atomic E-state index is 0.0854. The molecule has 0 saturated heterocycles. The molecule has 0 aromatic carbocycles. The van der Waals surface area contributed by atoms with Crippen LogP contribution in [0.2, 0.25) is 5.28 Å².